The minimum atomic E-state index is 0. The molecule has 110 valence electrons. The Morgan fingerprint density at radius 3 is 2.70 bits per heavy atom. The molecule has 0 aliphatic heterocycles. The fraction of sp³-hybridized carbons (Fsp3) is 0.357. The smallest absolute Gasteiger partial charge is 0.160 e. The quantitative estimate of drug-likeness (QED) is 0.888. The molecule has 1 aromatic heterocycles. The molecular weight excluding hydrogens is 278 g/mol. The van der Waals surface area contributed by atoms with Gasteiger partial charge in [-0.15, -0.1) is 12.4 Å². The number of aromatic hydroxyl groups is 1. The number of phenolic OH excluding ortho intramolecular Hbond substituents is 1. The fourth-order valence-corrected chi connectivity index (χ4v) is 1.89. The van der Waals surface area contributed by atoms with E-state index < -0.39 is 0 Å². The normalized spacial score (nSPS) is 10.2. The Morgan fingerprint density at radius 1 is 1.35 bits per heavy atom. The van der Waals surface area contributed by atoms with Crippen molar-refractivity contribution in [2.24, 2.45) is 7.05 Å². The summed E-state index contributed by atoms with van der Waals surface area (Å²) < 4.78 is 6.94. The van der Waals surface area contributed by atoms with Crippen molar-refractivity contribution in [2.75, 3.05) is 7.11 Å². The minimum absolute atomic E-state index is 0. The number of hydrogen-bond acceptors (Lipinski definition) is 4. The first-order valence-corrected chi connectivity index (χ1v) is 6.16. The lowest BCUT2D eigenvalue weighted by atomic mass is 10.2. The van der Waals surface area contributed by atoms with Crippen LogP contribution in [-0.2, 0) is 20.1 Å². The van der Waals surface area contributed by atoms with Gasteiger partial charge in [-0.3, -0.25) is 4.68 Å². The molecule has 0 saturated carbocycles. The van der Waals surface area contributed by atoms with Crippen molar-refractivity contribution in [3.8, 4) is 11.5 Å². The predicted octanol–water partition coefficient (Wildman–Crippen LogP) is 2.15. The van der Waals surface area contributed by atoms with Crippen LogP contribution in [0.1, 0.15) is 16.8 Å². The molecule has 20 heavy (non-hydrogen) atoms. The van der Waals surface area contributed by atoms with E-state index >= 15 is 0 Å². The number of ether oxygens (including phenoxy) is 1. The lowest BCUT2D eigenvalue weighted by Gasteiger charge is -2.08. The van der Waals surface area contributed by atoms with E-state index in [1.807, 2.05) is 37.0 Å². The third kappa shape index (κ3) is 3.65. The number of benzene rings is 1. The minimum Gasteiger partial charge on any atom is -0.504 e. The van der Waals surface area contributed by atoms with Gasteiger partial charge in [-0.25, -0.2) is 0 Å². The van der Waals surface area contributed by atoms with Crippen LogP contribution >= 0.6 is 12.4 Å². The summed E-state index contributed by atoms with van der Waals surface area (Å²) in [6, 6.07) is 5.35. The number of halogens is 1. The highest BCUT2D eigenvalue weighted by Gasteiger charge is 2.05. The average Bonchev–Trinajstić information content (AvgIpc) is 2.72. The summed E-state index contributed by atoms with van der Waals surface area (Å²) >= 11 is 0. The van der Waals surface area contributed by atoms with E-state index in [4.69, 9.17) is 4.74 Å². The summed E-state index contributed by atoms with van der Waals surface area (Å²) in [5.74, 6) is 0.659. The van der Waals surface area contributed by atoms with Gasteiger partial charge >= 0.3 is 0 Å². The van der Waals surface area contributed by atoms with Crippen molar-refractivity contribution in [1.29, 1.82) is 0 Å². The van der Waals surface area contributed by atoms with Gasteiger partial charge in [0.1, 0.15) is 0 Å². The highest BCUT2D eigenvalue weighted by atomic mass is 35.5. The Labute approximate surface area is 125 Å². The van der Waals surface area contributed by atoms with Crippen molar-refractivity contribution < 1.29 is 9.84 Å². The SMILES string of the molecule is COc1cc(CNCc2cnn(C)c2C)ccc1O.Cl. The van der Waals surface area contributed by atoms with Crippen LogP contribution in [0.4, 0.5) is 0 Å². The van der Waals surface area contributed by atoms with Crippen LogP contribution < -0.4 is 10.1 Å². The maximum absolute atomic E-state index is 9.52. The standard InChI is InChI=1S/C14H19N3O2.ClH/c1-10-12(9-16-17(10)2)8-15-7-11-4-5-13(18)14(6-11)19-3;/h4-6,9,15,18H,7-8H2,1-3H3;1H. The van der Waals surface area contributed by atoms with Crippen molar-refractivity contribution in [3.05, 3.63) is 41.2 Å². The van der Waals surface area contributed by atoms with E-state index in [1.165, 1.54) is 5.56 Å². The van der Waals surface area contributed by atoms with Crippen LogP contribution in [0.2, 0.25) is 0 Å². The van der Waals surface area contributed by atoms with Crippen LogP contribution in [0.3, 0.4) is 0 Å². The first-order valence-electron chi connectivity index (χ1n) is 6.16. The largest absolute Gasteiger partial charge is 0.504 e. The summed E-state index contributed by atoms with van der Waals surface area (Å²) in [4.78, 5) is 0. The molecule has 0 aliphatic rings. The molecule has 0 saturated heterocycles. The predicted molar refractivity (Wildman–Crippen MR) is 80.4 cm³/mol. The van der Waals surface area contributed by atoms with Gasteiger partial charge in [0, 0.05) is 31.4 Å². The van der Waals surface area contributed by atoms with E-state index in [0.29, 0.717) is 12.3 Å². The first-order chi connectivity index (χ1) is 9.11. The highest BCUT2D eigenvalue weighted by Crippen LogP contribution is 2.26. The summed E-state index contributed by atoms with van der Waals surface area (Å²) in [7, 11) is 3.48. The molecule has 1 aromatic carbocycles. The van der Waals surface area contributed by atoms with Gasteiger partial charge in [-0.05, 0) is 24.6 Å². The van der Waals surface area contributed by atoms with E-state index in [0.717, 1.165) is 17.8 Å². The number of aryl methyl sites for hydroxylation is 1. The number of phenols is 1. The molecule has 2 aromatic rings. The molecule has 2 N–H and O–H groups in total. The van der Waals surface area contributed by atoms with Gasteiger partial charge < -0.3 is 15.2 Å². The van der Waals surface area contributed by atoms with Crippen LogP contribution in [0.15, 0.2) is 24.4 Å². The zero-order valence-electron chi connectivity index (χ0n) is 11.9. The molecule has 6 heteroatoms. The lowest BCUT2D eigenvalue weighted by Crippen LogP contribution is -2.13. The van der Waals surface area contributed by atoms with Crippen molar-refractivity contribution >= 4 is 12.4 Å². The van der Waals surface area contributed by atoms with Crippen LogP contribution in [0.5, 0.6) is 11.5 Å². The third-order valence-corrected chi connectivity index (χ3v) is 3.23. The second-order valence-corrected chi connectivity index (χ2v) is 4.49. The number of nitrogens with one attached hydrogen (secondary N) is 1. The molecule has 0 aliphatic carbocycles. The molecule has 0 radical (unpaired) electrons. The Bertz CT molecular complexity index is 570. The van der Waals surface area contributed by atoms with Crippen molar-refractivity contribution in [1.82, 2.24) is 15.1 Å². The number of hydrogen-bond donors (Lipinski definition) is 2. The van der Waals surface area contributed by atoms with Gasteiger partial charge in [0.25, 0.3) is 0 Å². The molecule has 5 nitrogen and oxygen atoms in total. The van der Waals surface area contributed by atoms with Gasteiger partial charge in [-0.1, -0.05) is 6.07 Å². The van der Waals surface area contributed by atoms with Crippen LogP contribution in [-0.4, -0.2) is 22.0 Å². The first kappa shape index (κ1) is 16.3. The highest BCUT2D eigenvalue weighted by molar-refractivity contribution is 5.85. The van der Waals surface area contributed by atoms with Crippen molar-refractivity contribution in [2.45, 2.75) is 20.0 Å². The lowest BCUT2D eigenvalue weighted by molar-refractivity contribution is 0.373. The number of methoxy groups -OCH3 is 1. The Morgan fingerprint density at radius 2 is 2.10 bits per heavy atom. The Hall–Kier alpha value is -1.72. The van der Waals surface area contributed by atoms with Gasteiger partial charge in [0.05, 0.1) is 13.3 Å². The zero-order valence-corrected chi connectivity index (χ0v) is 12.7. The second-order valence-electron chi connectivity index (χ2n) is 4.49. The fourth-order valence-electron chi connectivity index (χ4n) is 1.89. The summed E-state index contributed by atoms with van der Waals surface area (Å²) in [6.07, 6.45) is 1.87. The van der Waals surface area contributed by atoms with E-state index in [1.54, 1.807) is 13.2 Å². The molecule has 0 amide bonds. The number of nitrogens with zero attached hydrogens (tertiary/aromatic N) is 2. The van der Waals surface area contributed by atoms with Crippen molar-refractivity contribution in [3.63, 3.8) is 0 Å². The maximum Gasteiger partial charge on any atom is 0.160 e. The zero-order chi connectivity index (χ0) is 13.8. The number of aromatic nitrogens is 2. The third-order valence-electron chi connectivity index (χ3n) is 3.23. The summed E-state index contributed by atoms with van der Waals surface area (Å²) in [5.41, 5.74) is 3.42. The molecule has 2 rings (SSSR count). The molecule has 0 unspecified atom stereocenters. The maximum atomic E-state index is 9.52. The van der Waals surface area contributed by atoms with Gasteiger partial charge in [-0.2, -0.15) is 5.10 Å². The molecular formula is C14H20ClN3O2. The summed E-state index contributed by atoms with van der Waals surface area (Å²) in [5, 5.41) is 17.1. The van der Waals surface area contributed by atoms with E-state index in [-0.39, 0.29) is 18.2 Å². The van der Waals surface area contributed by atoms with E-state index in [9.17, 15) is 5.11 Å². The Kier molecular flexibility index (Phi) is 5.85. The van der Waals surface area contributed by atoms with Crippen LogP contribution in [0, 0.1) is 6.92 Å². The average molecular weight is 298 g/mol. The van der Waals surface area contributed by atoms with Crippen LogP contribution in [0.25, 0.3) is 0 Å². The molecule has 0 bridgehead atoms. The topological polar surface area (TPSA) is 59.3 Å². The van der Waals surface area contributed by atoms with Gasteiger partial charge in [0.2, 0.25) is 0 Å². The Balaban J connectivity index is 0.00000200. The van der Waals surface area contributed by atoms with Gasteiger partial charge in [0.15, 0.2) is 11.5 Å². The second kappa shape index (κ2) is 7.17. The molecule has 1 heterocycles. The molecule has 0 atom stereocenters. The molecule has 0 spiro atoms. The van der Waals surface area contributed by atoms with E-state index in [2.05, 4.69) is 10.4 Å². The molecule has 0 fully saturated rings. The number of rotatable bonds is 5. The monoisotopic (exact) mass is 297 g/mol. The summed E-state index contributed by atoms with van der Waals surface area (Å²) in [6.45, 7) is 3.53.